The highest BCUT2D eigenvalue weighted by Crippen LogP contribution is 2.32. The van der Waals surface area contributed by atoms with Crippen LogP contribution in [-0.4, -0.2) is 41.2 Å². The Morgan fingerprint density at radius 3 is 2.68 bits per heavy atom. The first-order valence-electron chi connectivity index (χ1n) is 9.34. The summed E-state index contributed by atoms with van der Waals surface area (Å²) in [4.78, 5) is 11.2. The predicted molar refractivity (Wildman–Crippen MR) is 108 cm³/mol. The summed E-state index contributed by atoms with van der Waals surface area (Å²) >= 11 is 6.01. The van der Waals surface area contributed by atoms with E-state index in [0.29, 0.717) is 30.9 Å². The highest BCUT2D eigenvalue weighted by Gasteiger charge is 2.25. The summed E-state index contributed by atoms with van der Waals surface area (Å²) in [5, 5.41) is 0.103. The van der Waals surface area contributed by atoms with E-state index in [2.05, 4.69) is 20.9 Å². The van der Waals surface area contributed by atoms with Crippen LogP contribution in [0.1, 0.15) is 17.2 Å². The zero-order valence-corrected chi connectivity index (χ0v) is 16.1. The largest absolute Gasteiger partial charge is 0.379 e. The lowest BCUT2D eigenvalue weighted by atomic mass is 9.95. The molecule has 1 aliphatic rings. The summed E-state index contributed by atoms with van der Waals surface area (Å²) in [6, 6.07) is 13.1. The van der Waals surface area contributed by atoms with Gasteiger partial charge >= 0.3 is 0 Å². The van der Waals surface area contributed by atoms with Crippen molar-refractivity contribution in [2.75, 3.05) is 26.3 Å². The van der Waals surface area contributed by atoms with Gasteiger partial charge in [0.05, 0.1) is 23.9 Å². The molecule has 0 amide bonds. The summed E-state index contributed by atoms with van der Waals surface area (Å²) in [5.41, 5.74) is 3.16. The van der Waals surface area contributed by atoms with E-state index in [-0.39, 0.29) is 11.1 Å². The Morgan fingerprint density at radius 2 is 1.89 bits per heavy atom. The highest BCUT2D eigenvalue weighted by atomic mass is 35.5. The standard InChI is InChI=1S/C22H21ClFN3O/c23-19-7-1-6-18(21(19)24)22-16(4-3-9-26-22)14-20(17-5-2-8-25-15-17)27-10-12-28-13-11-27/h1-9,15,20H,10-14H2/t20-/m1/s1. The van der Waals surface area contributed by atoms with Crippen LogP contribution >= 0.6 is 11.6 Å². The molecule has 0 saturated carbocycles. The zero-order valence-electron chi connectivity index (χ0n) is 15.4. The maximum atomic E-state index is 14.7. The average Bonchev–Trinajstić information content (AvgIpc) is 2.76. The minimum absolute atomic E-state index is 0.103. The van der Waals surface area contributed by atoms with E-state index in [0.717, 1.165) is 24.2 Å². The maximum Gasteiger partial charge on any atom is 0.151 e. The fraction of sp³-hybridized carbons (Fsp3) is 0.273. The van der Waals surface area contributed by atoms with Crippen molar-refractivity contribution in [3.8, 4) is 11.3 Å². The summed E-state index contributed by atoms with van der Waals surface area (Å²) < 4.78 is 20.2. The van der Waals surface area contributed by atoms with Gasteiger partial charge in [0.1, 0.15) is 0 Å². The number of rotatable bonds is 5. The van der Waals surface area contributed by atoms with Crippen molar-refractivity contribution in [3.05, 3.63) is 83.0 Å². The van der Waals surface area contributed by atoms with E-state index in [1.54, 1.807) is 30.6 Å². The van der Waals surface area contributed by atoms with Gasteiger partial charge in [0.2, 0.25) is 0 Å². The Labute approximate surface area is 169 Å². The van der Waals surface area contributed by atoms with Crippen molar-refractivity contribution in [2.45, 2.75) is 12.5 Å². The second-order valence-corrected chi connectivity index (χ2v) is 7.17. The van der Waals surface area contributed by atoms with Gasteiger partial charge in [-0.25, -0.2) is 4.39 Å². The van der Waals surface area contributed by atoms with Crippen LogP contribution < -0.4 is 0 Å². The third-order valence-electron chi connectivity index (χ3n) is 5.07. The molecule has 1 atom stereocenters. The Balaban J connectivity index is 1.72. The average molecular weight is 398 g/mol. The van der Waals surface area contributed by atoms with E-state index in [1.165, 1.54) is 0 Å². The van der Waals surface area contributed by atoms with Crippen molar-refractivity contribution < 1.29 is 9.13 Å². The number of hydrogen-bond acceptors (Lipinski definition) is 4. The summed E-state index contributed by atoms with van der Waals surface area (Å²) in [5.74, 6) is -0.437. The molecule has 1 aromatic carbocycles. The van der Waals surface area contributed by atoms with Crippen molar-refractivity contribution in [1.82, 2.24) is 14.9 Å². The first-order valence-corrected chi connectivity index (χ1v) is 9.72. The zero-order chi connectivity index (χ0) is 19.3. The first-order chi connectivity index (χ1) is 13.7. The molecule has 144 valence electrons. The maximum absolute atomic E-state index is 14.7. The molecule has 4 nitrogen and oxygen atoms in total. The van der Waals surface area contributed by atoms with Gasteiger partial charge in [-0.2, -0.15) is 0 Å². The molecule has 0 N–H and O–H groups in total. The van der Waals surface area contributed by atoms with E-state index in [4.69, 9.17) is 16.3 Å². The Morgan fingerprint density at radius 1 is 1.07 bits per heavy atom. The van der Waals surface area contributed by atoms with Crippen molar-refractivity contribution in [3.63, 3.8) is 0 Å². The van der Waals surface area contributed by atoms with Crippen LogP contribution in [-0.2, 0) is 11.2 Å². The lowest BCUT2D eigenvalue weighted by Crippen LogP contribution is -2.40. The van der Waals surface area contributed by atoms with Gasteiger partial charge in [0.25, 0.3) is 0 Å². The molecule has 6 heteroatoms. The fourth-order valence-corrected chi connectivity index (χ4v) is 3.84. The topological polar surface area (TPSA) is 38.2 Å². The van der Waals surface area contributed by atoms with E-state index in [9.17, 15) is 4.39 Å². The van der Waals surface area contributed by atoms with Crippen LogP contribution in [0, 0.1) is 5.82 Å². The smallest absolute Gasteiger partial charge is 0.151 e. The van der Waals surface area contributed by atoms with Gasteiger partial charge < -0.3 is 4.74 Å². The van der Waals surface area contributed by atoms with Crippen LogP contribution in [0.3, 0.4) is 0 Å². The van der Waals surface area contributed by atoms with Crippen LogP contribution in [0.5, 0.6) is 0 Å². The van der Waals surface area contributed by atoms with Crippen molar-refractivity contribution in [2.24, 2.45) is 0 Å². The molecule has 0 bridgehead atoms. The molecule has 0 aliphatic carbocycles. The molecule has 3 heterocycles. The van der Waals surface area contributed by atoms with Crippen molar-refractivity contribution >= 4 is 11.6 Å². The molecule has 2 aromatic heterocycles. The van der Waals surface area contributed by atoms with Gasteiger partial charge in [-0.15, -0.1) is 0 Å². The lowest BCUT2D eigenvalue weighted by molar-refractivity contribution is 0.0160. The SMILES string of the molecule is Fc1c(Cl)cccc1-c1ncccc1C[C@H](c1cccnc1)N1CCOCC1. The third kappa shape index (κ3) is 4.07. The molecule has 1 aliphatic heterocycles. The Bertz CT molecular complexity index is 932. The molecule has 4 rings (SSSR count). The molecule has 1 saturated heterocycles. The van der Waals surface area contributed by atoms with Crippen LogP contribution in [0.15, 0.2) is 61.1 Å². The quantitative estimate of drug-likeness (QED) is 0.633. The number of pyridine rings is 2. The molecule has 3 aromatic rings. The molecule has 0 radical (unpaired) electrons. The number of halogens is 2. The number of nitrogens with zero attached hydrogens (tertiary/aromatic N) is 3. The minimum Gasteiger partial charge on any atom is -0.379 e. The number of hydrogen-bond donors (Lipinski definition) is 0. The monoisotopic (exact) mass is 397 g/mol. The number of benzene rings is 1. The predicted octanol–water partition coefficient (Wildman–Crippen LogP) is 4.55. The molecule has 1 fully saturated rings. The molecular weight excluding hydrogens is 377 g/mol. The summed E-state index contributed by atoms with van der Waals surface area (Å²) in [7, 11) is 0. The molecule has 0 unspecified atom stereocenters. The van der Waals surface area contributed by atoms with E-state index < -0.39 is 5.82 Å². The first kappa shape index (κ1) is 19.0. The summed E-state index contributed by atoms with van der Waals surface area (Å²) in [6.45, 7) is 3.11. The number of morpholine rings is 1. The number of aromatic nitrogens is 2. The van der Waals surface area contributed by atoms with Crippen LogP contribution in [0.25, 0.3) is 11.3 Å². The van der Waals surface area contributed by atoms with E-state index in [1.807, 2.05) is 24.4 Å². The molecule has 0 spiro atoms. The number of ether oxygens (including phenoxy) is 1. The van der Waals surface area contributed by atoms with Crippen LogP contribution in [0.2, 0.25) is 5.02 Å². The van der Waals surface area contributed by atoms with Gasteiger partial charge in [0.15, 0.2) is 5.82 Å². The van der Waals surface area contributed by atoms with E-state index >= 15 is 0 Å². The van der Waals surface area contributed by atoms with Gasteiger partial charge in [-0.1, -0.05) is 29.8 Å². The second kappa shape index (κ2) is 8.78. The minimum atomic E-state index is -0.437. The second-order valence-electron chi connectivity index (χ2n) is 6.77. The van der Waals surface area contributed by atoms with Gasteiger partial charge in [-0.3, -0.25) is 14.9 Å². The third-order valence-corrected chi connectivity index (χ3v) is 5.36. The van der Waals surface area contributed by atoms with Crippen LogP contribution in [0.4, 0.5) is 4.39 Å². The lowest BCUT2D eigenvalue weighted by Gasteiger charge is -2.35. The summed E-state index contributed by atoms with van der Waals surface area (Å²) in [6.07, 6.45) is 6.06. The Kier molecular flexibility index (Phi) is 5.95. The van der Waals surface area contributed by atoms with Crippen molar-refractivity contribution in [1.29, 1.82) is 0 Å². The van der Waals surface area contributed by atoms with Gasteiger partial charge in [0, 0.05) is 43.3 Å². The molecule has 28 heavy (non-hydrogen) atoms. The highest BCUT2D eigenvalue weighted by molar-refractivity contribution is 6.31. The Hall–Kier alpha value is -2.34. The fourth-order valence-electron chi connectivity index (χ4n) is 3.66. The molecular formula is C22H21ClFN3O. The van der Waals surface area contributed by atoms with Gasteiger partial charge in [-0.05, 0) is 41.8 Å². The normalized spacial score (nSPS) is 16.1.